The van der Waals surface area contributed by atoms with Crippen LogP contribution in [0, 0.1) is 0 Å². The topological polar surface area (TPSA) is 27.6 Å². The predicted octanol–water partition coefficient (Wildman–Crippen LogP) is 3.64. The fraction of sp³-hybridized carbons (Fsp3) is 0.389. The molecule has 0 spiro atoms. The van der Waals surface area contributed by atoms with Gasteiger partial charge in [0.15, 0.2) is 0 Å². The summed E-state index contributed by atoms with van der Waals surface area (Å²) in [5.41, 5.74) is 8.14. The van der Waals surface area contributed by atoms with Gasteiger partial charge in [0.25, 0.3) is 0 Å². The third kappa shape index (κ3) is 4.22. The van der Waals surface area contributed by atoms with Gasteiger partial charge < -0.3 is 10.3 Å². The minimum atomic E-state index is -0.0162. The van der Waals surface area contributed by atoms with Gasteiger partial charge in [-0.15, -0.1) is 0 Å². The van der Waals surface area contributed by atoms with Crippen LogP contribution in [0.4, 0.5) is 0 Å². The van der Waals surface area contributed by atoms with Crippen molar-refractivity contribution in [3.63, 3.8) is 0 Å². The molecule has 21 heavy (non-hydrogen) atoms. The molecule has 3 heteroatoms. The summed E-state index contributed by atoms with van der Waals surface area (Å²) in [4.78, 5) is 2.14. The van der Waals surface area contributed by atoms with E-state index in [9.17, 15) is 0 Å². The van der Waals surface area contributed by atoms with E-state index >= 15 is 0 Å². The lowest BCUT2D eigenvalue weighted by Gasteiger charge is -2.17. The molecule has 0 atom stereocenters. The van der Waals surface area contributed by atoms with Crippen LogP contribution < -0.4 is 5.43 Å². The number of hydrogen-bond donors (Lipinski definition) is 1. The number of hydrazone groups is 1. The molecule has 1 N–H and O–H groups in total. The van der Waals surface area contributed by atoms with Crippen LogP contribution in [0.2, 0.25) is 0 Å². The lowest BCUT2D eigenvalue weighted by Crippen LogP contribution is -2.31. The SMILES string of the molecule is CN(C)C1=CCC(c2ccccc2C=NNC(C)(C)C)=C1. The molecule has 2 rings (SSSR count). The zero-order chi connectivity index (χ0) is 15.5. The van der Waals surface area contributed by atoms with Crippen molar-refractivity contribution in [3.05, 3.63) is 53.2 Å². The second kappa shape index (κ2) is 6.17. The quantitative estimate of drug-likeness (QED) is 0.675. The molecule has 1 aliphatic rings. The largest absolute Gasteiger partial charge is 0.378 e. The maximum Gasteiger partial charge on any atom is 0.0546 e. The molecule has 0 saturated heterocycles. The van der Waals surface area contributed by atoms with Crippen molar-refractivity contribution in [2.75, 3.05) is 14.1 Å². The van der Waals surface area contributed by atoms with E-state index in [-0.39, 0.29) is 5.54 Å². The van der Waals surface area contributed by atoms with Crippen LogP contribution >= 0.6 is 0 Å². The average Bonchev–Trinajstić information content (AvgIpc) is 2.87. The van der Waals surface area contributed by atoms with Crippen LogP contribution in [0.25, 0.3) is 5.57 Å². The molecule has 3 nitrogen and oxygen atoms in total. The molecule has 0 aromatic heterocycles. The van der Waals surface area contributed by atoms with Crippen LogP contribution in [-0.2, 0) is 0 Å². The molecule has 0 heterocycles. The van der Waals surface area contributed by atoms with Crippen LogP contribution in [-0.4, -0.2) is 30.7 Å². The summed E-state index contributed by atoms with van der Waals surface area (Å²) in [7, 11) is 4.15. The van der Waals surface area contributed by atoms with Crippen LogP contribution in [0.15, 0.2) is 47.2 Å². The van der Waals surface area contributed by atoms with Gasteiger partial charge in [0.2, 0.25) is 0 Å². The van der Waals surface area contributed by atoms with Gasteiger partial charge in [-0.1, -0.05) is 30.3 Å². The van der Waals surface area contributed by atoms with E-state index in [0.29, 0.717) is 0 Å². The highest BCUT2D eigenvalue weighted by molar-refractivity contribution is 5.89. The second-order valence-electron chi connectivity index (χ2n) is 6.60. The minimum Gasteiger partial charge on any atom is -0.378 e. The van der Waals surface area contributed by atoms with Gasteiger partial charge in [-0.05, 0) is 44.4 Å². The van der Waals surface area contributed by atoms with Gasteiger partial charge >= 0.3 is 0 Å². The number of nitrogens with one attached hydrogen (secondary N) is 1. The standard InChI is InChI=1S/C18H25N3/c1-18(2,3)20-19-13-15-8-6-7-9-17(15)14-10-11-16(12-14)21(4)5/h6-9,11-13,20H,10H2,1-5H3. The summed E-state index contributed by atoms with van der Waals surface area (Å²) in [6.45, 7) is 6.30. The monoisotopic (exact) mass is 283 g/mol. The summed E-state index contributed by atoms with van der Waals surface area (Å²) in [5.74, 6) is 0. The molecule has 0 saturated carbocycles. The zero-order valence-electron chi connectivity index (χ0n) is 13.6. The van der Waals surface area contributed by atoms with Gasteiger partial charge in [0.05, 0.1) is 6.21 Å². The third-order valence-electron chi connectivity index (χ3n) is 3.28. The Morgan fingerprint density at radius 2 is 1.90 bits per heavy atom. The molecule has 0 radical (unpaired) electrons. The Bertz CT molecular complexity index is 587. The van der Waals surface area contributed by atoms with E-state index in [2.05, 4.69) is 86.7 Å². The number of nitrogens with zero attached hydrogens (tertiary/aromatic N) is 2. The molecular formula is C18H25N3. The predicted molar refractivity (Wildman–Crippen MR) is 91.3 cm³/mol. The Kier molecular flexibility index (Phi) is 4.51. The molecule has 1 aliphatic carbocycles. The fourth-order valence-electron chi connectivity index (χ4n) is 2.21. The smallest absolute Gasteiger partial charge is 0.0546 e. The number of benzene rings is 1. The molecule has 0 aliphatic heterocycles. The van der Waals surface area contributed by atoms with Crippen molar-refractivity contribution < 1.29 is 0 Å². The van der Waals surface area contributed by atoms with Crippen LogP contribution in [0.5, 0.6) is 0 Å². The molecular weight excluding hydrogens is 258 g/mol. The Balaban J connectivity index is 2.21. The van der Waals surface area contributed by atoms with Crippen LogP contribution in [0.3, 0.4) is 0 Å². The van der Waals surface area contributed by atoms with E-state index in [1.54, 1.807) is 0 Å². The summed E-state index contributed by atoms with van der Waals surface area (Å²) >= 11 is 0. The van der Waals surface area contributed by atoms with Crippen molar-refractivity contribution in [2.45, 2.75) is 32.7 Å². The third-order valence-corrected chi connectivity index (χ3v) is 3.28. The molecule has 0 amide bonds. The lowest BCUT2D eigenvalue weighted by molar-refractivity contribution is 0.442. The molecule has 0 bridgehead atoms. The van der Waals surface area contributed by atoms with Gasteiger partial charge in [-0.2, -0.15) is 5.10 Å². The van der Waals surface area contributed by atoms with Crippen molar-refractivity contribution in [2.24, 2.45) is 5.10 Å². The first-order valence-electron chi connectivity index (χ1n) is 7.34. The van der Waals surface area contributed by atoms with Crippen molar-refractivity contribution >= 4 is 11.8 Å². The molecule has 1 aromatic rings. The zero-order valence-corrected chi connectivity index (χ0v) is 13.6. The number of hydrogen-bond acceptors (Lipinski definition) is 3. The average molecular weight is 283 g/mol. The molecule has 0 unspecified atom stereocenters. The summed E-state index contributed by atoms with van der Waals surface area (Å²) in [6, 6.07) is 8.41. The van der Waals surface area contributed by atoms with Crippen LogP contribution in [0.1, 0.15) is 38.3 Å². The number of allylic oxidation sites excluding steroid dienone is 3. The Hall–Kier alpha value is -2.03. The van der Waals surface area contributed by atoms with E-state index in [1.165, 1.54) is 16.8 Å². The van der Waals surface area contributed by atoms with E-state index in [1.807, 2.05) is 6.21 Å². The number of rotatable bonds is 4. The maximum absolute atomic E-state index is 4.37. The highest BCUT2D eigenvalue weighted by Crippen LogP contribution is 2.29. The van der Waals surface area contributed by atoms with Crippen molar-refractivity contribution in [3.8, 4) is 0 Å². The van der Waals surface area contributed by atoms with Gasteiger partial charge in [0, 0.05) is 30.9 Å². The highest BCUT2D eigenvalue weighted by Gasteiger charge is 2.12. The molecule has 0 fully saturated rings. The number of likely N-dealkylation sites (N-methyl/N-ethyl adjacent to an activating group) is 1. The lowest BCUT2D eigenvalue weighted by atomic mass is 10.00. The fourth-order valence-corrected chi connectivity index (χ4v) is 2.21. The first kappa shape index (κ1) is 15.4. The van der Waals surface area contributed by atoms with Crippen molar-refractivity contribution in [1.29, 1.82) is 0 Å². The molecule has 1 aromatic carbocycles. The Morgan fingerprint density at radius 3 is 2.52 bits per heavy atom. The first-order chi connectivity index (χ1) is 9.87. The summed E-state index contributed by atoms with van der Waals surface area (Å²) in [5, 5.41) is 4.37. The first-order valence-corrected chi connectivity index (χ1v) is 7.34. The highest BCUT2D eigenvalue weighted by atomic mass is 15.3. The Morgan fingerprint density at radius 1 is 1.19 bits per heavy atom. The normalized spacial score (nSPS) is 15.1. The summed E-state index contributed by atoms with van der Waals surface area (Å²) < 4.78 is 0. The minimum absolute atomic E-state index is 0.0162. The maximum atomic E-state index is 4.37. The molecule has 112 valence electrons. The van der Waals surface area contributed by atoms with Gasteiger partial charge in [0.1, 0.15) is 0 Å². The summed E-state index contributed by atoms with van der Waals surface area (Å²) in [6.07, 6.45) is 7.40. The van der Waals surface area contributed by atoms with E-state index in [4.69, 9.17) is 0 Å². The van der Waals surface area contributed by atoms with Gasteiger partial charge in [-0.3, -0.25) is 0 Å². The van der Waals surface area contributed by atoms with E-state index < -0.39 is 0 Å². The van der Waals surface area contributed by atoms with Crippen molar-refractivity contribution in [1.82, 2.24) is 10.3 Å². The van der Waals surface area contributed by atoms with E-state index in [0.717, 1.165) is 12.0 Å². The second-order valence-corrected chi connectivity index (χ2v) is 6.60. The Labute approximate surface area is 128 Å². The van der Waals surface area contributed by atoms with Gasteiger partial charge in [-0.25, -0.2) is 0 Å².